The molecule has 146 valence electrons. The Morgan fingerprint density at radius 2 is 1.96 bits per heavy atom. The molecule has 0 aliphatic heterocycles. The van der Waals surface area contributed by atoms with Gasteiger partial charge in [0.1, 0.15) is 11.4 Å². The van der Waals surface area contributed by atoms with E-state index in [1.54, 1.807) is 10.7 Å². The second-order valence-electron chi connectivity index (χ2n) is 6.85. The molecular weight excluding hydrogens is 379 g/mol. The lowest BCUT2D eigenvalue weighted by molar-refractivity contribution is 0.0694. The molecule has 0 amide bonds. The molecule has 4 nitrogen and oxygen atoms in total. The molecule has 6 heteroatoms. The summed E-state index contributed by atoms with van der Waals surface area (Å²) in [7, 11) is 0. The zero-order chi connectivity index (χ0) is 20.3. The van der Waals surface area contributed by atoms with E-state index in [-0.39, 0.29) is 16.5 Å². The van der Waals surface area contributed by atoms with Gasteiger partial charge in [-0.15, -0.1) is 0 Å². The minimum absolute atomic E-state index is 0.0217. The average Bonchev–Trinajstić information content (AvgIpc) is 3.03. The normalized spacial score (nSPS) is 12.1. The lowest BCUT2D eigenvalue weighted by Gasteiger charge is -2.10. The number of carboxylic acid groups (broad SMARTS) is 1. The van der Waals surface area contributed by atoms with Crippen LogP contribution in [0, 0.1) is 5.82 Å². The van der Waals surface area contributed by atoms with Gasteiger partial charge in [-0.05, 0) is 42.5 Å². The number of aromatic carboxylic acids is 1. The van der Waals surface area contributed by atoms with E-state index >= 15 is 0 Å². The first-order chi connectivity index (χ1) is 13.4. The molecule has 1 heterocycles. The van der Waals surface area contributed by atoms with Crippen LogP contribution in [0.1, 0.15) is 53.5 Å². The summed E-state index contributed by atoms with van der Waals surface area (Å²) in [5.74, 6) is -1.42. The monoisotopic (exact) mass is 400 g/mol. The number of carbonyl (C=O) groups is 1. The maximum atomic E-state index is 13.6. The molecule has 0 radical (unpaired) electrons. The first-order valence-corrected chi connectivity index (χ1v) is 9.64. The van der Waals surface area contributed by atoms with Crippen molar-refractivity contribution >= 4 is 17.6 Å². The summed E-state index contributed by atoms with van der Waals surface area (Å²) in [4.78, 5) is 12.1. The Bertz CT molecular complexity index is 986. The Balaban J connectivity index is 2.09. The molecule has 3 rings (SSSR count). The van der Waals surface area contributed by atoms with Gasteiger partial charge in [0.2, 0.25) is 0 Å². The highest BCUT2D eigenvalue weighted by atomic mass is 35.5. The second kappa shape index (κ2) is 8.57. The van der Waals surface area contributed by atoms with Crippen molar-refractivity contribution in [2.24, 2.45) is 0 Å². The van der Waals surface area contributed by atoms with Crippen LogP contribution in [0.4, 0.5) is 4.39 Å². The van der Waals surface area contributed by atoms with Crippen LogP contribution in [0.5, 0.6) is 0 Å². The van der Waals surface area contributed by atoms with Crippen LogP contribution in [0.15, 0.2) is 48.5 Å². The molecule has 0 saturated carbocycles. The fraction of sp³-hybridized carbons (Fsp3) is 0.273. The van der Waals surface area contributed by atoms with E-state index in [1.807, 2.05) is 44.2 Å². The quantitative estimate of drug-likeness (QED) is 0.556. The number of aromatic nitrogens is 2. The van der Waals surface area contributed by atoms with E-state index in [9.17, 15) is 14.3 Å². The van der Waals surface area contributed by atoms with E-state index in [1.165, 1.54) is 12.1 Å². The third-order valence-corrected chi connectivity index (χ3v) is 5.06. The molecule has 0 saturated heterocycles. The minimum Gasteiger partial charge on any atom is -0.478 e. The van der Waals surface area contributed by atoms with Crippen molar-refractivity contribution in [3.05, 3.63) is 81.9 Å². The first kappa shape index (κ1) is 20.1. The number of rotatable bonds is 7. The summed E-state index contributed by atoms with van der Waals surface area (Å²) in [6.07, 6.45) is 1.79. The summed E-state index contributed by atoms with van der Waals surface area (Å²) in [5, 5.41) is 14.5. The van der Waals surface area contributed by atoms with E-state index in [0.29, 0.717) is 29.9 Å². The Hall–Kier alpha value is -2.66. The molecule has 0 fully saturated rings. The molecule has 0 aliphatic rings. The summed E-state index contributed by atoms with van der Waals surface area (Å²) < 4.78 is 15.2. The van der Waals surface area contributed by atoms with Crippen LogP contribution in [-0.2, 0) is 12.8 Å². The van der Waals surface area contributed by atoms with Gasteiger partial charge in [-0.2, -0.15) is 5.10 Å². The van der Waals surface area contributed by atoms with Crippen molar-refractivity contribution in [3.63, 3.8) is 0 Å². The molecular formula is C22H22ClFN2O2. The molecule has 0 spiro atoms. The number of halogens is 2. The van der Waals surface area contributed by atoms with Crippen molar-refractivity contribution in [2.45, 2.75) is 39.0 Å². The number of nitrogens with zero attached hydrogens (tertiary/aromatic N) is 2. The van der Waals surface area contributed by atoms with Crippen molar-refractivity contribution in [1.82, 2.24) is 9.78 Å². The molecule has 28 heavy (non-hydrogen) atoms. The summed E-state index contributed by atoms with van der Waals surface area (Å²) in [6, 6.07) is 14.2. The maximum Gasteiger partial charge on any atom is 0.339 e. The molecule has 1 N–H and O–H groups in total. The lowest BCUT2D eigenvalue weighted by Crippen LogP contribution is -2.08. The number of benzene rings is 2. The highest BCUT2D eigenvalue weighted by Crippen LogP contribution is 2.28. The number of carboxylic acids is 1. The highest BCUT2D eigenvalue weighted by Gasteiger charge is 2.25. The highest BCUT2D eigenvalue weighted by molar-refractivity contribution is 6.30. The van der Waals surface area contributed by atoms with Gasteiger partial charge < -0.3 is 5.11 Å². The van der Waals surface area contributed by atoms with Gasteiger partial charge >= 0.3 is 5.97 Å². The van der Waals surface area contributed by atoms with E-state index < -0.39 is 11.8 Å². The molecule has 1 atom stereocenters. The van der Waals surface area contributed by atoms with Gasteiger partial charge in [0, 0.05) is 0 Å². The van der Waals surface area contributed by atoms with Gasteiger partial charge in [0.25, 0.3) is 0 Å². The zero-order valence-electron chi connectivity index (χ0n) is 15.8. The van der Waals surface area contributed by atoms with Crippen molar-refractivity contribution in [1.29, 1.82) is 0 Å². The van der Waals surface area contributed by atoms with Gasteiger partial charge in [-0.1, -0.05) is 62.2 Å². The van der Waals surface area contributed by atoms with Gasteiger partial charge in [0.15, 0.2) is 0 Å². The first-order valence-electron chi connectivity index (χ1n) is 9.26. The predicted molar refractivity (Wildman–Crippen MR) is 108 cm³/mol. The standard InChI is InChI=1S/C22H22ClFN2O2/c1-3-7-20-21(22(27)28)19(12-14(2)15-8-5-4-6-9-15)25-26(20)16-10-11-18(24)17(23)13-16/h4-6,8-11,13-14H,3,7,12H2,1-2H3,(H,27,28). The van der Waals surface area contributed by atoms with Gasteiger partial charge in [0.05, 0.1) is 22.1 Å². The maximum absolute atomic E-state index is 13.6. The van der Waals surface area contributed by atoms with E-state index in [2.05, 4.69) is 5.10 Å². The van der Waals surface area contributed by atoms with Crippen LogP contribution >= 0.6 is 11.6 Å². The average molecular weight is 401 g/mol. The van der Waals surface area contributed by atoms with E-state index in [0.717, 1.165) is 12.0 Å². The lowest BCUT2D eigenvalue weighted by atomic mass is 9.94. The predicted octanol–water partition coefficient (Wildman–Crippen LogP) is 5.66. The van der Waals surface area contributed by atoms with Gasteiger partial charge in [-0.3, -0.25) is 0 Å². The SMILES string of the molecule is CCCc1c(C(=O)O)c(CC(C)c2ccccc2)nn1-c1ccc(F)c(Cl)c1. The molecule has 0 aliphatic carbocycles. The smallest absolute Gasteiger partial charge is 0.339 e. The third-order valence-electron chi connectivity index (χ3n) is 4.77. The molecule has 2 aromatic carbocycles. The third kappa shape index (κ3) is 4.09. The molecule has 0 bridgehead atoms. The Morgan fingerprint density at radius 1 is 1.25 bits per heavy atom. The molecule has 1 unspecified atom stereocenters. The van der Waals surface area contributed by atoms with Crippen molar-refractivity contribution in [3.8, 4) is 5.69 Å². The minimum atomic E-state index is -1.00. The zero-order valence-corrected chi connectivity index (χ0v) is 16.6. The summed E-state index contributed by atoms with van der Waals surface area (Å²) >= 11 is 5.93. The summed E-state index contributed by atoms with van der Waals surface area (Å²) in [6.45, 7) is 4.03. The topological polar surface area (TPSA) is 55.1 Å². The molecule has 3 aromatic rings. The second-order valence-corrected chi connectivity index (χ2v) is 7.26. The van der Waals surface area contributed by atoms with E-state index in [4.69, 9.17) is 11.6 Å². The number of hydrogen-bond donors (Lipinski definition) is 1. The Labute approximate surface area is 168 Å². The van der Waals surface area contributed by atoms with Crippen molar-refractivity contribution in [2.75, 3.05) is 0 Å². The number of hydrogen-bond acceptors (Lipinski definition) is 2. The Morgan fingerprint density at radius 3 is 2.57 bits per heavy atom. The largest absolute Gasteiger partial charge is 0.478 e. The van der Waals surface area contributed by atoms with Crippen molar-refractivity contribution < 1.29 is 14.3 Å². The van der Waals surface area contributed by atoms with Crippen LogP contribution < -0.4 is 0 Å². The Kier molecular flexibility index (Phi) is 6.15. The van der Waals surface area contributed by atoms with Crippen LogP contribution in [0.3, 0.4) is 0 Å². The summed E-state index contributed by atoms with van der Waals surface area (Å²) in [5.41, 5.74) is 3.02. The van der Waals surface area contributed by atoms with Gasteiger partial charge in [-0.25, -0.2) is 13.9 Å². The van der Waals surface area contributed by atoms with Crippen LogP contribution in [-0.4, -0.2) is 20.9 Å². The fourth-order valence-corrected chi connectivity index (χ4v) is 3.56. The van der Waals surface area contributed by atoms with Crippen LogP contribution in [0.25, 0.3) is 5.69 Å². The van der Waals surface area contributed by atoms with Crippen LogP contribution in [0.2, 0.25) is 5.02 Å². The molecule has 1 aromatic heterocycles. The fourth-order valence-electron chi connectivity index (χ4n) is 3.38.